The van der Waals surface area contributed by atoms with Crippen LogP contribution < -0.4 is 15.8 Å². The molecular weight excluding hydrogens is 288 g/mol. The molecule has 0 radical (unpaired) electrons. The normalized spacial score (nSPS) is 23.6. The van der Waals surface area contributed by atoms with Gasteiger partial charge in [-0.2, -0.15) is 0 Å². The third-order valence-corrected chi connectivity index (χ3v) is 4.44. The highest BCUT2D eigenvalue weighted by Crippen LogP contribution is 2.46. The second-order valence-corrected chi connectivity index (χ2v) is 6.08. The molecular formula is C16H23ClN2O2. The van der Waals surface area contributed by atoms with E-state index in [2.05, 4.69) is 5.32 Å². The molecule has 1 aliphatic heterocycles. The molecule has 0 bridgehead atoms. The topological polar surface area (TPSA) is 64.4 Å². The summed E-state index contributed by atoms with van der Waals surface area (Å²) in [5, 5.41) is 3.08. The van der Waals surface area contributed by atoms with Gasteiger partial charge in [0.2, 0.25) is 5.91 Å². The number of fused-ring (bicyclic) bond motifs is 1. The average molecular weight is 311 g/mol. The molecule has 1 heterocycles. The van der Waals surface area contributed by atoms with Crippen LogP contribution in [0.4, 0.5) is 0 Å². The van der Waals surface area contributed by atoms with Crippen molar-refractivity contribution in [1.82, 2.24) is 5.32 Å². The highest BCUT2D eigenvalue weighted by atomic mass is 35.5. The van der Waals surface area contributed by atoms with Gasteiger partial charge < -0.3 is 15.8 Å². The van der Waals surface area contributed by atoms with E-state index < -0.39 is 6.04 Å². The Morgan fingerprint density at radius 2 is 2.05 bits per heavy atom. The maximum atomic E-state index is 11.9. The van der Waals surface area contributed by atoms with Crippen LogP contribution in [0.3, 0.4) is 0 Å². The number of hydrogen-bond acceptors (Lipinski definition) is 3. The van der Waals surface area contributed by atoms with E-state index in [1.165, 1.54) is 12.8 Å². The van der Waals surface area contributed by atoms with Gasteiger partial charge in [-0.1, -0.05) is 18.2 Å². The summed E-state index contributed by atoms with van der Waals surface area (Å²) >= 11 is 0. The Morgan fingerprint density at radius 1 is 1.38 bits per heavy atom. The standard InChI is InChI=1S/C16H22N2O2.ClH/c1-11(17)15(19)18-13-10-16(8-4-5-9-16)20-14-7-3-2-6-12(13)14;/h2-3,6-7,11,13H,4-5,8-10,17H2,1H3,(H,18,19);1H/t11-,13?;/m0./s1. The maximum absolute atomic E-state index is 11.9. The summed E-state index contributed by atoms with van der Waals surface area (Å²) in [4.78, 5) is 11.9. The van der Waals surface area contributed by atoms with Crippen LogP contribution in [0.25, 0.3) is 0 Å². The number of amides is 1. The lowest BCUT2D eigenvalue weighted by molar-refractivity contribution is -0.123. The first-order valence-corrected chi connectivity index (χ1v) is 7.44. The van der Waals surface area contributed by atoms with Gasteiger partial charge in [-0.05, 0) is 38.7 Å². The smallest absolute Gasteiger partial charge is 0.237 e. The molecule has 1 amide bonds. The van der Waals surface area contributed by atoms with E-state index in [4.69, 9.17) is 10.5 Å². The summed E-state index contributed by atoms with van der Waals surface area (Å²) in [6.45, 7) is 1.71. The first-order chi connectivity index (χ1) is 9.60. The zero-order valence-corrected chi connectivity index (χ0v) is 13.1. The van der Waals surface area contributed by atoms with Crippen molar-refractivity contribution < 1.29 is 9.53 Å². The van der Waals surface area contributed by atoms with Crippen LogP contribution in [0.1, 0.15) is 50.6 Å². The third-order valence-electron chi connectivity index (χ3n) is 4.44. The lowest BCUT2D eigenvalue weighted by Gasteiger charge is -2.40. The molecule has 116 valence electrons. The molecule has 0 saturated heterocycles. The molecule has 0 aromatic heterocycles. The Labute approximate surface area is 131 Å². The second-order valence-electron chi connectivity index (χ2n) is 6.08. The van der Waals surface area contributed by atoms with Crippen LogP contribution >= 0.6 is 12.4 Å². The summed E-state index contributed by atoms with van der Waals surface area (Å²) in [7, 11) is 0. The summed E-state index contributed by atoms with van der Waals surface area (Å²) in [6, 6.07) is 7.53. The highest BCUT2D eigenvalue weighted by Gasteiger charge is 2.43. The number of nitrogens with one attached hydrogen (secondary N) is 1. The lowest BCUT2D eigenvalue weighted by atomic mass is 9.86. The molecule has 1 aromatic carbocycles. The second kappa shape index (κ2) is 6.24. The molecule has 21 heavy (non-hydrogen) atoms. The molecule has 2 aliphatic rings. The zero-order chi connectivity index (χ0) is 14.2. The number of carbonyl (C=O) groups is 1. The number of carbonyl (C=O) groups excluding carboxylic acids is 1. The highest BCUT2D eigenvalue weighted by molar-refractivity contribution is 5.85. The average Bonchev–Trinajstić information content (AvgIpc) is 2.86. The molecule has 1 saturated carbocycles. The van der Waals surface area contributed by atoms with Crippen molar-refractivity contribution in [2.75, 3.05) is 0 Å². The summed E-state index contributed by atoms with van der Waals surface area (Å²) in [5.41, 5.74) is 6.65. The number of nitrogens with two attached hydrogens (primary N) is 1. The minimum Gasteiger partial charge on any atom is -0.487 e. The molecule has 1 spiro atoms. The Bertz CT molecular complexity index is 513. The number of para-hydroxylation sites is 1. The SMILES string of the molecule is C[C@H](N)C(=O)NC1CC2(CCCC2)Oc2ccccc21.Cl. The number of ether oxygens (including phenoxy) is 1. The van der Waals surface area contributed by atoms with Crippen LogP contribution in [0.15, 0.2) is 24.3 Å². The Kier molecular flexibility index (Phi) is 4.79. The van der Waals surface area contributed by atoms with E-state index >= 15 is 0 Å². The fraction of sp³-hybridized carbons (Fsp3) is 0.562. The summed E-state index contributed by atoms with van der Waals surface area (Å²) < 4.78 is 6.27. The predicted octanol–water partition coefficient (Wildman–Crippen LogP) is 2.71. The zero-order valence-electron chi connectivity index (χ0n) is 12.3. The largest absolute Gasteiger partial charge is 0.487 e. The van der Waals surface area contributed by atoms with Crippen molar-refractivity contribution in [3.63, 3.8) is 0 Å². The Balaban J connectivity index is 0.00000161. The number of benzene rings is 1. The molecule has 1 fully saturated rings. The van der Waals surface area contributed by atoms with Crippen molar-refractivity contribution in [3.05, 3.63) is 29.8 Å². The van der Waals surface area contributed by atoms with Crippen molar-refractivity contribution in [3.8, 4) is 5.75 Å². The van der Waals surface area contributed by atoms with Crippen molar-refractivity contribution >= 4 is 18.3 Å². The Hall–Kier alpha value is -1.26. The molecule has 4 nitrogen and oxygen atoms in total. The van der Waals surface area contributed by atoms with E-state index in [0.717, 1.165) is 30.6 Å². The monoisotopic (exact) mass is 310 g/mol. The number of halogens is 1. The van der Waals surface area contributed by atoms with Gasteiger partial charge in [-0.3, -0.25) is 4.79 Å². The maximum Gasteiger partial charge on any atom is 0.237 e. The summed E-state index contributed by atoms with van der Waals surface area (Å²) in [5.74, 6) is 0.815. The fourth-order valence-electron chi connectivity index (χ4n) is 3.38. The van der Waals surface area contributed by atoms with Gasteiger partial charge in [-0.15, -0.1) is 12.4 Å². The van der Waals surface area contributed by atoms with E-state index in [-0.39, 0.29) is 30.0 Å². The third kappa shape index (κ3) is 3.16. The molecule has 3 rings (SSSR count). The van der Waals surface area contributed by atoms with Crippen LogP contribution in [0, 0.1) is 0 Å². The number of hydrogen-bond donors (Lipinski definition) is 2. The van der Waals surface area contributed by atoms with Crippen LogP contribution in [0.2, 0.25) is 0 Å². The van der Waals surface area contributed by atoms with Gasteiger partial charge in [0.05, 0.1) is 12.1 Å². The van der Waals surface area contributed by atoms with E-state index in [1.54, 1.807) is 6.92 Å². The van der Waals surface area contributed by atoms with Gasteiger partial charge in [0.25, 0.3) is 0 Å². The van der Waals surface area contributed by atoms with Crippen LogP contribution in [0.5, 0.6) is 5.75 Å². The first kappa shape index (κ1) is 16.1. The van der Waals surface area contributed by atoms with Gasteiger partial charge >= 0.3 is 0 Å². The molecule has 5 heteroatoms. The molecule has 1 aromatic rings. The summed E-state index contributed by atoms with van der Waals surface area (Å²) in [6.07, 6.45) is 5.41. The minimum absolute atomic E-state index is 0. The van der Waals surface area contributed by atoms with Crippen LogP contribution in [-0.2, 0) is 4.79 Å². The fourth-order valence-corrected chi connectivity index (χ4v) is 3.38. The molecule has 3 N–H and O–H groups in total. The van der Waals surface area contributed by atoms with Gasteiger partial charge in [-0.25, -0.2) is 0 Å². The van der Waals surface area contributed by atoms with E-state index in [9.17, 15) is 4.79 Å². The van der Waals surface area contributed by atoms with Gasteiger partial charge in [0.1, 0.15) is 11.4 Å². The van der Waals surface area contributed by atoms with Gasteiger partial charge in [0.15, 0.2) is 0 Å². The molecule has 2 atom stereocenters. The minimum atomic E-state index is -0.482. The van der Waals surface area contributed by atoms with Crippen molar-refractivity contribution in [1.29, 1.82) is 0 Å². The van der Waals surface area contributed by atoms with Crippen LogP contribution in [-0.4, -0.2) is 17.6 Å². The molecule has 1 aliphatic carbocycles. The van der Waals surface area contributed by atoms with E-state index in [1.807, 2.05) is 24.3 Å². The van der Waals surface area contributed by atoms with Gasteiger partial charge in [0, 0.05) is 12.0 Å². The molecule has 1 unspecified atom stereocenters. The van der Waals surface area contributed by atoms with Crippen molar-refractivity contribution in [2.24, 2.45) is 5.73 Å². The first-order valence-electron chi connectivity index (χ1n) is 7.44. The number of rotatable bonds is 2. The Morgan fingerprint density at radius 3 is 2.71 bits per heavy atom. The lowest BCUT2D eigenvalue weighted by Crippen LogP contribution is -2.46. The van der Waals surface area contributed by atoms with Crippen molar-refractivity contribution in [2.45, 2.75) is 56.7 Å². The van der Waals surface area contributed by atoms with E-state index in [0.29, 0.717) is 0 Å². The quantitative estimate of drug-likeness (QED) is 0.882. The predicted molar refractivity (Wildman–Crippen MR) is 84.7 cm³/mol.